The molecule has 7 heteroatoms. The molecule has 1 N–H and O–H groups in total. The minimum absolute atomic E-state index is 0.315. The molecule has 0 aliphatic rings. The van der Waals surface area contributed by atoms with Crippen molar-refractivity contribution in [1.82, 2.24) is 20.1 Å². The standard InChI is InChI=1S/C22H16ClFN4O/c23-19-6-2-1-5-18(19)20-12-21(22(29)26-14-15-4-3-11-25-13-15)28(27-20)17-9-7-16(24)8-10-17/h1-13H,14H2,(H,26,29). The van der Waals surface area contributed by atoms with Crippen LogP contribution in [0.15, 0.2) is 79.1 Å². The number of amides is 1. The Bertz CT molecular complexity index is 1140. The average molecular weight is 407 g/mol. The number of hydrogen-bond acceptors (Lipinski definition) is 3. The molecule has 5 nitrogen and oxygen atoms in total. The molecule has 0 spiro atoms. The molecule has 2 heterocycles. The number of aromatic nitrogens is 3. The van der Waals surface area contributed by atoms with Crippen molar-refractivity contribution in [2.24, 2.45) is 0 Å². The highest BCUT2D eigenvalue weighted by molar-refractivity contribution is 6.33. The summed E-state index contributed by atoms with van der Waals surface area (Å²) in [7, 11) is 0. The molecule has 0 unspecified atom stereocenters. The van der Waals surface area contributed by atoms with Gasteiger partial charge in [-0.15, -0.1) is 0 Å². The number of carbonyl (C=O) groups excluding carboxylic acids is 1. The van der Waals surface area contributed by atoms with Gasteiger partial charge in [0.05, 0.1) is 16.4 Å². The van der Waals surface area contributed by atoms with Gasteiger partial charge in [-0.2, -0.15) is 5.10 Å². The van der Waals surface area contributed by atoms with Crippen LogP contribution >= 0.6 is 11.6 Å². The Labute approximate surface area is 171 Å². The van der Waals surface area contributed by atoms with Crippen molar-refractivity contribution in [3.63, 3.8) is 0 Å². The van der Waals surface area contributed by atoms with Crippen LogP contribution in [0.1, 0.15) is 16.1 Å². The Morgan fingerprint density at radius 1 is 1.07 bits per heavy atom. The molecule has 0 saturated heterocycles. The predicted molar refractivity (Wildman–Crippen MR) is 109 cm³/mol. The van der Waals surface area contributed by atoms with Gasteiger partial charge in [-0.1, -0.05) is 35.9 Å². The fourth-order valence-electron chi connectivity index (χ4n) is 2.90. The zero-order chi connectivity index (χ0) is 20.2. The van der Waals surface area contributed by atoms with E-state index in [9.17, 15) is 9.18 Å². The molecule has 0 bridgehead atoms. The summed E-state index contributed by atoms with van der Waals surface area (Å²) in [5.41, 5.74) is 3.01. The van der Waals surface area contributed by atoms with Crippen LogP contribution in [-0.4, -0.2) is 20.7 Å². The first kappa shape index (κ1) is 18.8. The molecule has 1 amide bonds. The maximum atomic E-state index is 13.4. The van der Waals surface area contributed by atoms with Crippen molar-refractivity contribution in [1.29, 1.82) is 0 Å². The third-order valence-electron chi connectivity index (χ3n) is 4.34. The lowest BCUT2D eigenvalue weighted by Gasteiger charge is -2.08. The number of halogens is 2. The SMILES string of the molecule is O=C(NCc1cccnc1)c1cc(-c2ccccc2Cl)nn1-c1ccc(F)cc1. The van der Waals surface area contributed by atoms with E-state index in [0.717, 1.165) is 5.56 Å². The minimum Gasteiger partial charge on any atom is -0.347 e. The van der Waals surface area contributed by atoms with Crippen LogP contribution in [0.3, 0.4) is 0 Å². The van der Waals surface area contributed by atoms with E-state index in [1.165, 1.54) is 16.8 Å². The van der Waals surface area contributed by atoms with Crippen molar-refractivity contribution in [2.45, 2.75) is 6.54 Å². The molecule has 4 aromatic rings. The van der Waals surface area contributed by atoms with Gasteiger partial charge in [0.25, 0.3) is 5.91 Å². The Morgan fingerprint density at radius 2 is 1.86 bits per heavy atom. The molecule has 2 aromatic heterocycles. The van der Waals surface area contributed by atoms with Gasteiger partial charge in [0.15, 0.2) is 0 Å². The van der Waals surface area contributed by atoms with Gasteiger partial charge >= 0.3 is 0 Å². The maximum Gasteiger partial charge on any atom is 0.270 e. The lowest BCUT2D eigenvalue weighted by molar-refractivity contribution is 0.0943. The third-order valence-corrected chi connectivity index (χ3v) is 4.67. The van der Waals surface area contributed by atoms with Crippen LogP contribution in [0.5, 0.6) is 0 Å². The van der Waals surface area contributed by atoms with Crippen LogP contribution in [0.4, 0.5) is 4.39 Å². The topological polar surface area (TPSA) is 59.8 Å². The molecule has 2 aromatic carbocycles. The predicted octanol–water partition coefficient (Wildman–Crippen LogP) is 4.66. The Kier molecular flexibility index (Phi) is 5.35. The van der Waals surface area contributed by atoms with E-state index in [2.05, 4.69) is 15.4 Å². The van der Waals surface area contributed by atoms with Crippen molar-refractivity contribution >= 4 is 17.5 Å². The smallest absolute Gasteiger partial charge is 0.270 e. The number of nitrogens with zero attached hydrogens (tertiary/aromatic N) is 3. The summed E-state index contributed by atoms with van der Waals surface area (Å²) in [6.45, 7) is 0.322. The quantitative estimate of drug-likeness (QED) is 0.524. The summed E-state index contributed by atoms with van der Waals surface area (Å²) in [4.78, 5) is 17.0. The number of nitrogens with one attached hydrogen (secondary N) is 1. The molecule has 29 heavy (non-hydrogen) atoms. The highest BCUT2D eigenvalue weighted by Gasteiger charge is 2.18. The van der Waals surface area contributed by atoms with Gasteiger partial charge in [-0.3, -0.25) is 9.78 Å². The third kappa shape index (κ3) is 4.17. The molecule has 4 rings (SSSR count). The monoisotopic (exact) mass is 406 g/mol. The Morgan fingerprint density at radius 3 is 2.59 bits per heavy atom. The van der Waals surface area contributed by atoms with E-state index in [1.807, 2.05) is 24.3 Å². The second-order valence-corrected chi connectivity index (χ2v) is 6.73. The van der Waals surface area contributed by atoms with Gasteiger partial charge in [-0.25, -0.2) is 9.07 Å². The maximum absolute atomic E-state index is 13.4. The first-order chi connectivity index (χ1) is 14.1. The van der Waals surface area contributed by atoms with Gasteiger partial charge in [0.2, 0.25) is 0 Å². The fourth-order valence-corrected chi connectivity index (χ4v) is 3.13. The number of benzene rings is 2. The second-order valence-electron chi connectivity index (χ2n) is 6.33. The lowest BCUT2D eigenvalue weighted by atomic mass is 10.1. The summed E-state index contributed by atoms with van der Waals surface area (Å²) in [5, 5.41) is 7.95. The second kappa shape index (κ2) is 8.24. The largest absolute Gasteiger partial charge is 0.347 e. The number of hydrogen-bond donors (Lipinski definition) is 1. The van der Waals surface area contributed by atoms with E-state index < -0.39 is 0 Å². The van der Waals surface area contributed by atoms with Crippen LogP contribution in [0.2, 0.25) is 5.02 Å². The van der Waals surface area contributed by atoms with Crippen molar-refractivity contribution in [3.05, 3.63) is 101 Å². The molecule has 0 fully saturated rings. The van der Waals surface area contributed by atoms with Gasteiger partial charge in [-0.05, 0) is 48.0 Å². The summed E-state index contributed by atoms with van der Waals surface area (Å²) < 4.78 is 14.8. The van der Waals surface area contributed by atoms with E-state index in [4.69, 9.17) is 11.6 Å². The number of carbonyl (C=O) groups is 1. The molecule has 0 radical (unpaired) electrons. The zero-order valence-electron chi connectivity index (χ0n) is 15.2. The first-order valence-corrected chi connectivity index (χ1v) is 9.27. The summed E-state index contributed by atoms with van der Waals surface area (Å²) in [6.07, 6.45) is 3.36. The Balaban J connectivity index is 1.71. The summed E-state index contributed by atoms with van der Waals surface area (Å²) in [5.74, 6) is -0.682. The molecular formula is C22H16ClFN4O. The van der Waals surface area contributed by atoms with Crippen LogP contribution in [-0.2, 0) is 6.54 Å². The van der Waals surface area contributed by atoms with Crippen molar-refractivity contribution in [3.8, 4) is 16.9 Å². The average Bonchev–Trinajstić information content (AvgIpc) is 3.19. The van der Waals surface area contributed by atoms with Crippen molar-refractivity contribution in [2.75, 3.05) is 0 Å². The van der Waals surface area contributed by atoms with Crippen molar-refractivity contribution < 1.29 is 9.18 Å². The highest BCUT2D eigenvalue weighted by Crippen LogP contribution is 2.28. The molecule has 0 saturated carbocycles. The van der Waals surface area contributed by atoms with Crippen LogP contribution < -0.4 is 5.32 Å². The zero-order valence-corrected chi connectivity index (χ0v) is 16.0. The first-order valence-electron chi connectivity index (χ1n) is 8.90. The molecule has 144 valence electrons. The van der Waals surface area contributed by atoms with Gasteiger partial charge < -0.3 is 5.32 Å². The highest BCUT2D eigenvalue weighted by atomic mass is 35.5. The van der Waals surface area contributed by atoms with E-state index in [-0.39, 0.29) is 11.7 Å². The molecule has 0 aliphatic heterocycles. The summed E-state index contributed by atoms with van der Waals surface area (Å²) >= 11 is 6.30. The molecular weight excluding hydrogens is 391 g/mol. The van der Waals surface area contributed by atoms with Crippen LogP contribution in [0.25, 0.3) is 16.9 Å². The summed E-state index contributed by atoms with van der Waals surface area (Å²) in [6, 6.07) is 18.4. The normalized spacial score (nSPS) is 10.7. The van der Waals surface area contributed by atoms with E-state index >= 15 is 0 Å². The Hall–Kier alpha value is -3.51. The fraction of sp³-hybridized carbons (Fsp3) is 0.0455. The van der Waals surface area contributed by atoms with Crippen LogP contribution in [0, 0.1) is 5.82 Å². The minimum atomic E-state index is -0.366. The van der Waals surface area contributed by atoms with Gasteiger partial charge in [0, 0.05) is 24.5 Å². The number of rotatable bonds is 5. The van der Waals surface area contributed by atoms with E-state index in [0.29, 0.717) is 34.2 Å². The molecule has 0 aliphatic carbocycles. The number of pyridine rings is 1. The molecule has 0 atom stereocenters. The lowest BCUT2D eigenvalue weighted by Crippen LogP contribution is -2.25. The van der Waals surface area contributed by atoms with E-state index in [1.54, 1.807) is 42.7 Å². The van der Waals surface area contributed by atoms with Gasteiger partial charge in [0.1, 0.15) is 11.5 Å².